The quantitative estimate of drug-likeness (QED) is 0.588. The van der Waals surface area contributed by atoms with Crippen molar-refractivity contribution < 1.29 is 23.8 Å². The second-order valence-electron chi connectivity index (χ2n) is 8.36. The number of rotatable bonds is 10. The van der Waals surface area contributed by atoms with Crippen molar-refractivity contribution in [3.05, 3.63) is 54.1 Å². The highest BCUT2D eigenvalue weighted by Crippen LogP contribution is 2.20. The van der Waals surface area contributed by atoms with Crippen molar-refractivity contribution in [3.8, 4) is 17.2 Å². The normalized spacial score (nSPS) is 14.8. The van der Waals surface area contributed by atoms with Gasteiger partial charge in [0, 0.05) is 12.6 Å². The Morgan fingerprint density at radius 1 is 0.970 bits per heavy atom. The monoisotopic (exact) mass is 454 g/mol. The van der Waals surface area contributed by atoms with Gasteiger partial charge >= 0.3 is 0 Å². The van der Waals surface area contributed by atoms with Crippen LogP contribution in [-0.4, -0.2) is 49.6 Å². The maximum atomic E-state index is 13.2. The smallest absolute Gasteiger partial charge is 0.261 e. The molecule has 0 saturated heterocycles. The summed E-state index contributed by atoms with van der Waals surface area (Å²) in [5.74, 6) is 1.57. The first kappa shape index (κ1) is 24.4. The van der Waals surface area contributed by atoms with Crippen LogP contribution in [0.3, 0.4) is 0 Å². The van der Waals surface area contributed by atoms with Crippen LogP contribution in [0.5, 0.6) is 17.2 Å². The highest BCUT2D eigenvalue weighted by molar-refractivity contribution is 5.88. The summed E-state index contributed by atoms with van der Waals surface area (Å²) in [5.41, 5.74) is 0.879. The molecule has 0 aliphatic heterocycles. The van der Waals surface area contributed by atoms with Crippen molar-refractivity contribution in [2.45, 2.75) is 57.7 Å². The van der Waals surface area contributed by atoms with E-state index in [2.05, 4.69) is 5.32 Å². The fourth-order valence-electron chi connectivity index (χ4n) is 4.02. The van der Waals surface area contributed by atoms with Gasteiger partial charge in [0.25, 0.3) is 5.91 Å². The van der Waals surface area contributed by atoms with Crippen LogP contribution in [-0.2, 0) is 16.1 Å². The zero-order valence-corrected chi connectivity index (χ0v) is 19.7. The Kier molecular flexibility index (Phi) is 8.98. The second kappa shape index (κ2) is 12.1. The molecule has 1 aliphatic carbocycles. The Morgan fingerprint density at radius 2 is 1.64 bits per heavy atom. The van der Waals surface area contributed by atoms with Crippen molar-refractivity contribution in [2.24, 2.45) is 0 Å². The number of hydrogen-bond donors (Lipinski definition) is 1. The number of amides is 2. The molecule has 7 heteroatoms. The SMILES string of the molecule is COc1ccc(OCC(=O)N(Cc2cccc(OC)c2)C(C)C(=O)NC2CCCCC2)cc1. The molecule has 2 amide bonds. The van der Waals surface area contributed by atoms with Gasteiger partial charge < -0.3 is 24.4 Å². The molecule has 2 aromatic rings. The number of benzene rings is 2. The standard InChI is InChI=1S/C26H34N2O5/c1-19(26(30)27-21-9-5-4-6-10-21)28(17-20-8-7-11-24(16-20)32-3)25(29)18-33-23-14-12-22(31-2)13-15-23/h7-8,11-16,19,21H,4-6,9-10,17-18H2,1-3H3,(H,27,30). The van der Waals surface area contributed by atoms with E-state index < -0.39 is 6.04 Å². The first-order valence-electron chi connectivity index (χ1n) is 11.5. The first-order chi connectivity index (χ1) is 16.0. The lowest BCUT2D eigenvalue weighted by molar-refractivity contribution is -0.142. The van der Waals surface area contributed by atoms with Crippen LogP contribution in [0.2, 0.25) is 0 Å². The average Bonchev–Trinajstić information content (AvgIpc) is 2.86. The summed E-state index contributed by atoms with van der Waals surface area (Å²) in [5, 5.41) is 3.14. The van der Waals surface area contributed by atoms with Crippen molar-refractivity contribution in [3.63, 3.8) is 0 Å². The molecule has 3 rings (SSSR count). The third-order valence-corrected chi connectivity index (χ3v) is 6.03. The first-order valence-corrected chi connectivity index (χ1v) is 11.5. The summed E-state index contributed by atoms with van der Waals surface area (Å²) in [4.78, 5) is 27.8. The van der Waals surface area contributed by atoms with E-state index in [1.807, 2.05) is 24.3 Å². The van der Waals surface area contributed by atoms with E-state index in [-0.39, 0.29) is 31.0 Å². The Hall–Kier alpha value is -3.22. The molecule has 1 saturated carbocycles. The van der Waals surface area contributed by atoms with Gasteiger partial charge in [0.05, 0.1) is 14.2 Å². The highest BCUT2D eigenvalue weighted by atomic mass is 16.5. The van der Waals surface area contributed by atoms with Gasteiger partial charge in [0.1, 0.15) is 23.3 Å². The van der Waals surface area contributed by atoms with Gasteiger partial charge in [0.2, 0.25) is 5.91 Å². The average molecular weight is 455 g/mol. The summed E-state index contributed by atoms with van der Waals surface area (Å²) in [6, 6.07) is 14.1. The molecule has 1 atom stereocenters. The molecule has 0 spiro atoms. The molecule has 178 valence electrons. The minimum Gasteiger partial charge on any atom is -0.497 e. The predicted octanol–water partition coefficient (Wildman–Crippen LogP) is 3.95. The number of carbonyl (C=O) groups excluding carboxylic acids is 2. The molecule has 1 N–H and O–H groups in total. The van der Waals surface area contributed by atoms with E-state index in [1.54, 1.807) is 50.3 Å². The van der Waals surface area contributed by atoms with Gasteiger partial charge in [-0.15, -0.1) is 0 Å². The van der Waals surface area contributed by atoms with Crippen molar-refractivity contribution >= 4 is 11.8 Å². The van der Waals surface area contributed by atoms with Gasteiger partial charge in [-0.2, -0.15) is 0 Å². The van der Waals surface area contributed by atoms with Crippen molar-refractivity contribution in [1.29, 1.82) is 0 Å². The lowest BCUT2D eigenvalue weighted by Crippen LogP contribution is -2.51. The van der Waals surface area contributed by atoms with Crippen LogP contribution in [0, 0.1) is 0 Å². The van der Waals surface area contributed by atoms with Gasteiger partial charge in [0.15, 0.2) is 6.61 Å². The molecule has 33 heavy (non-hydrogen) atoms. The Morgan fingerprint density at radius 3 is 2.30 bits per heavy atom. The number of hydrogen-bond acceptors (Lipinski definition) is 5. The maximum absolute atomic E-state index is 13.2. The zero-order chi connectivity index (χ0) is 23.6. The van der Waals surface area contributed by atoms with Crippen molar-refractivity contribution in [2.75, 3.05) is 20.8 Å². The number of ether oxygens (including phenoxy) is 3. The summed E-state index contributed by atoms with van der Waals surface area (Å²) >= 11 is 0. The van der Waals surface area contributed by atoms with E-state index in [4.69, 9.17) is 14.2 Å². The molecule has 0 radical (unpaired) electrons. The Balaban J connectivity index is 1.70. The minimum absolute atomic E-state index is 0.136. The predicted molar refractivity (Wildman–Crippen MR) is 127 cm³/mol. The van der Waals surface area contributed by atoms with Crippen LogP contribution < -0.4 is 19.5 Å². The number of nitrogens with zero attached hydrogens (tertiary/aromatic N) is 1. The molecule has 1 fully saturated rings. The lowest BCUT2D eigenvalue weighted by Gasteiger charge is -2.31. The third-order valence-electron chi connectivity index (χ3n) is 6.03. The highest BCUT2D eigenvalue weighted by Gasteiger charge is 2.28. The molecule has 0 aromatic heterocycles. The molecular formula is C26H34N2O5. The molecule has 1 unspecified atom stereocenters. The second-order valence-corrected chi connectivity index (χ2v) is 8.36. The lowest BCUT2D eigenvalue weighted by atomic mass is 9.95. The van der Waals surface area contributed by atoms with Crippen LogP contribution in [0.4, 0.5) is 0 Å². The van der Waals surface area contributed by atoms with Crippen LogP contribution >= 0.6 is 0 Å². The third kappa shape index (κ3) is 7.14. The van der Waals surface area contributed by atoms with Gasteiger partial charge in [-0.25, -0.2) is 0 Å². The Labute approximate surface area is 196 Å². The summed E-state index contributed by atoms with van der Waals surface area (Å²) in [6.45, 7) is 1.88. The van der Waals surface area contributed by atoms with Crippen molar-refractivity contribution in [1.82, 2.24) is 10.2 Å². The van der Waals surface area contributed by atoms with E-state index in [0.29, 0.717) is 17.2 Å². The van der Waals surface area contributed by atoms with Gasteiger partial charge in [-0.3, -0.25) is 9.59 Å². The number of methoxy groups -OCH3 is 2. The number of nitrogens with one attached hydrogen (secondary N) is 1. The molecule has 2 aromatic carbocycles. The van der Waals surface area contributed by atoms with Crippen LogP contribution in [0.15, 0.2) is 48.5 Å². The molecule has 0 bridgehead atoms. The molecule has 1 aliphatic rings. The van der Waals surface area contributed by atoms with E-state index >= 15 is 0 Å². The largest absolute Gasteiger partial charge is 0.497 e. The summed E-state index contributed by atoms with van der Waals surface area (Å²) in [7, 11) is 3.20. The Bertz CT molecular complexity index is 909. The van der Waals surface area contributed by atoms with Crippen LogP contribution in [0.25, 0.3) is 0 Å². The van der Waals surface area contributed by atoms with E-state index in [0.717, 1.165) is 31.2 Å². The van der Waals surface area contributed by atoms with Gasteiger partial charge in [-0.05, 0) is 61.7 Å². The summed E-state index contributed by atoms with van der Waals surface area (Å²) < 4.78 is 16.2. The van der Waals surface area contributed by atoms with Crippen LogP contribution in [0.1, 0.15) is 44.6 Å². The zero-order valence-electron chi connectivity index (χ0n) is 19.7. The topological polar surface area (TPSA) is 77.1 Å². The summed E-state index contributed by atoms with van der Waals surface area (Å²) in [6.07, 6.45) is 5.44. The van der Waals surface area contributed by atoms with Gasteiger partial charge in [-0.1, -0.05) is 31.4 Å². The molecule has 0 heterocycles. The fraction of sp³-hybridized carbons (Fsp3) is 0.462. The minimum atomic E-state index is -0.634. The van der Waals surface area contributed by atoms with E-state index in [1.165, 1.54) is 6.42 Å². The maximum Gasteiger partial charge on any atom is 0.261 e. The molecular weight excluding hydrogens is 420 g/mol. The van der Waals surface area contributed by atoms with E-state index in [9.17, 15) is 9.59 Å². The number of carbonyl (C=O) groups is 2. The molecule has 7 nitrogen and oxygen atoms in total. The fourth-order valence-corrected chi connectivity index (χ4v) is 4.02.